The SMILES string of the molecule is CC[C@@H](O)CN1C(=O)C[C@](C)(CC(C)C)C1=O. The number of aliphatic hydroxyl groups is 1. The molecule has 1 saturated heterocycles. The second-order valence-electron chi connectivity index (χ2n) is 5.71. The molecule has 0 aliphatic carbocycles. The third-order valence-electron chi connectivity index (χ3n) is 3.33. The second-order valence-corrected chi connectivity index (χ2v) is 5.71. The standard InChI is InChI=1S/C13H23NO3/c1-5-10(15)8-14-11(16)7-13(4,12(14)17)6-9(2)3/h9-10,15H,5-8H2,1-4H3/t10-,13+/m1/s1. The number of amides is 2. The molecule has 0 radical (unpaired) electrons. The molecule has 0 spiro atoms. The number of hydrogen-bond donors (Lipinski definition) is 1. The number of imide groups is 1. The zero-order valence-corrected chi connectivity index (χ0v) is 11.2. The molecule has 0 aromatic rings. The highest BCUT2D eigenvalue weighted by Gasteiger charge is 2.48. The lowest BCUT2D eigenvalue weighted by Crippen LogP contribution is -2.39. The smallest absolute Gasteiger partial charge is 0.235 e. The zero-order valence-electron chi connectivity index (χ0n) is 11.2. The van der Waals surface area contributed by atoms with Crippen molar-refractivity contribution in [1.29, 1.82) is 0 Å². The Balaban J connectivity index is 2.77. The van der Waals surface area contributed by atoms with Gasteiger partial charge in [0.2, 0.25) is 11.8 Å². The Morgan fingerprint density at radius 3 is 2.47 bits per heavy atom. The van der Waals surface area contributed by atoms with Crippen LogP contribution in [-0.2, 0) is 9.59 Å². The summed E-state index contributed by atoms with van der Waals surface area (Å²) < 4.78 is 0. The Kier molecular flexibility index (Phi) is 4.31. The van der Waals surface area contributed by atoms with Crippen molar-refractivity contribution in [1.82, 2.24) is 4.90 Å². The molecule has 1 aliphatic heterocycles. The summed E-state index contributed by atoms with van der Waals surface area (Å²) in [6.07, 6.45) is 0.943. The van der Waals surface area contributed by atoms with Crippen LogP contribution in [0.5, 0.6) is 0 Å². The summed E-state index contributed by atoms with van der Waals surface area (Å²) in [5.41, 5.74) is -0.571. The van der Waals surface area contributed by atoms with Crippen LogP contribution in [0.1, 0.15) is 47.0 Å². The first kappa shape index (κ1) is 14.2. The molecule has 0 unspecified atom stereocenters. The van der Waals surface area contributed by atoms with Gasteiger partial charge in [-0.1, -0.05) is 27.7 Å². The summed E-state index contributed by atoms with van der Waals surface area (Å²) in [6, 6.07) is 0. The Hall–Kier alpha value is -0.900. The van der Waals surface area contributed by atoms with Crippen molar-refractivity contribution in [2.45, 2.75) is 53.1 Å². The lowest BCUT2D eigenvalue weighted by molar-refractivity contribution is -0.143. The highest BCUT2D eigenvalue weighted by molar-refractivity contribution is 6.05. The summed E-state index contributed by atoms with van der Waals surface area (Å²) in [6.45, 7) is 7.93. The molecule has 98 valence electrons. The maximum Gasteiger partial charge on any atom is 0.235 e. The summed E-state index contributed by atoms with van der Waals surface area (Å²) in [5, 5.41) is 9.56. The van der Waals surface area contributed by atoms with Crippen LogP contribution in [0, 0.1) is 11.3 Å². The van der Waals surface area contributed by atoms with Crippen molar-refractivity contribution in [3.05, 3.63) is 0 Å². The minimum absolute atomic E-state index is 0.122. The molecule has 0 aromatic heterocycles. The first-order valence-electron chi connectivity index (χ1n) is 6.33. The van der Waals surface area contributed by atoms with Crippen LogP contribution in [0.4, 0.5) is 0 Å². The normalized spacial score (nSPS) is 27.1. The summed E-state index contributed by atoms with van der Waals surface area (Å²) in [4.78, 5) is 25.3. The van der Waals surface area contributed by atoms with Gasteiger partial charge in [0.1, 0.15) is 0 Å². The fourth-order valence-electron chi connectivity index (χ4n) is 2.53. The predicted octanol–water partition coefficient (Wildman–Crippen LogP) is 1.57. The highest BCUT2D eigenvalue weighted by Crippen LogP contribution is 2.38. The molecule has 1 N–H and O–H groups in total. The van der Waals surface area contributed by atoms with E-state index in [1.54, 1.807) is 0 Å². The monoisotopic (exact) mass is 241 g/mol. The van der Waals surface area contributed by atoms with Gasteiger partial charge in [0.05, 0.1) is 18.1 Å². The Morgan fingerprint density at radius 2 is 2.00 bits per heavy atom. The van der Waals surface area contributed by atoms with Gasteiger partial charge in [0.25, 0.3) is 0 Å². The average Bonchev–Trinajstić information content (AvgIpc) is 2.40. The number of carbonyl (C=O) groups is 2. The lowest BCUT2D eigenvalue weighted by atomic mass is 9.80. The van der Waals surface area contributed by atoms with Crippen molar-refractivity contribution < 1.29 is 14.7 Å². The van der Waals surface area contributed by atoms with Gasteiger partial charge in [-0.3, -0.25) is 14.5 Å². The van der Waals surface area contributed by atoms with Gasteiger partial charge < -0.3 is 5.11 Å². The number of rotatable bonds is 5. The van der Waals surface area contributed by atoms with Gasteiger partial charge in [-0.15, -0.1) is 0 Å². The Bertz CT molecular complexity index is 314. The molecule has 0 aromatic carbocycles. The highest BCUT2D eigenvalue weighted by atomic mass is 16.3. The van der Waals surface area contributed by atoms with Gasteiger partial charge in [-0.25, -0.2) is 0 Å². The van der Waals surface area contributed by atoms with Crippen molar-refractivity contribution in [2.75, 3.05) is 6.54 Å². The molecular weight excluding hydrogens is 218 g/mol. The van der Waals surface area contributed by atoms with Crippen molar-refractivity contribution in [3.63, 3.8) is 0 Å². The molecule has 2 atom stereocenters. The number of hydrogen-bond acceptors (Lipinski definition) is 3. The van der Waals surface area contributed by atoms with Gasteiger partial charge in [-0.2, -0.15) is 0 Å². The first-order valence-corrected chi connectivity index (χ1v) is 6.33. The van der Waals surface area contributed by atoms with Crippen LogP contribution >= 0.6 is 0 Å². The molecule has 2 amide bonds. The largest absolute Gasteiger partial charge is 0.391 e. The molecular formula is C13H23NO3. The number of aliphatic hydroxyl groups excluding tert-OH is 1. The summed E-state index contributed by atoms with van der Waals surface area (Å²) in [7, 11) is 0. The predicted molar refractivity (Wildman–Crippen MR) is 65.2 cm³/mol. The van der Waals surface area contributed by atoms with E-state index in [0.717, 1.165) is 6.42 Å². The Morgan fingerprint density at radius 1 is 1.41 bits per heavy atom. The number of carbonyl (C=O) groups excluding carboxylic acids is 2. The van der Waals surface area contributed by atoms with Gasteiger partial charge in [0, 0.05) is 6.42 Å². The van der Waals surface area contributed by atoms with Gasteiger partial charge >= 0.3 is 0 Å². The van der Waals surface area contributed by atoms with E-state index in [9.17, 15) is 14.7 Å². The van der Waals surface area contributed by atoms with E-state index >= 15 is 0 Å². The van der Waals surface area contributed by atoms with E-state index in [2.05, 4.69) is 0 Å². The van der Waals surface area contributed by atoms with Gasteiger partial charge in [0.15, 0.2) is 0 Å². The van der Waals surface area contributed by atoms with Crippen molar-refractivity contribution in [2.24, 2.45) is 11.3 Å². The summed E-state index contributed by atoms with van der Waals surface area (Å²) in [5.74, 6) is 0.113. The minimum atomic E-state index is -0.607. The van der Waals surface area contributed by atoms with E-state index < -0.39 is 11.5 Å². The van der Waals surface area contributed by atoms with Crippen LogP contribution in [0.2, 0.25) is 0 Å². The molecule has 1 rings (SSSR count). The minimum Gasteiger partial charge on any atom is -0.391 e. The van der Waals surface area contributed by atoms with E-state index in [0.29, 0.717) is 12.3 Å². The number of β-amino-alcohol motifs (C(OH)–C–C–N with tert-alkyl or cyclic N) is 1. The van der Waals surface area contributed by atoms with Crippen LogP contribution in [0.3, 0.4) is 0 Å². The molecule has 0 bridgehead atoms. The van der Waals surface area contributed by atoms with Crippen LogP contribution in [0.15, 0.2) is 0 Å². The lowest BCUT2D eigenvalue weighted by Gasteiger charge is -2.24. The molecule has 4 nitrogen and oxygen atoms in total. The van der Waals surface area contributed by atoms with Gasteiger partial charge in [-0.05, 0) is 18.8 Å². The molecule has 1 fully saturated rings. The van der Waals surface area contributed by atoms with E-state index in [1.165, 1.54) is 4.90 Å². The zero-order chi connectivity index (χ0) is 13.2. The summed E-state index contributed by atoms with van der Waals surface area (Å²) >= 11 is 0. The second kappa shape index (κ2) is 5.17. The van der Waals surface area contributed by atoms with E-state index in [1.807, 2.05) is 27.7 Å². The third kappa shape index (κ3) is 3.06. The fraction of sp³-hybridized carbons (Fsp3) is 0.846. The van der Waals surface area contributed by atoms with Crippen molar-refractivity contribution in [3.8, 4) is 0 Å². The molecule has 0 saturated carbocycles. The van der Waals surface area contributed by atoms with Crippen LogP contribution in [0.25, 0.3) is 0 Å². The molecule has 17 heavy (non-hydrogen) atoms. The third-order valence-corrected chi connectivity index (χ3v) is 3.33. The van der Waals surface area contributed by atoms with Crippen LogP contribution < -0.4 is 0 Å². The van der Waals surface area contributed by atoms with Crippen molar-refractivity contribution >= 4 is 11.8 Å². The topological polar surface area (TPSA) is 57.6 Å². The van der Waals surface area contributed by atoms with E-state index in [4.69, 9.17) is 0 Å². The maximum absolute atomic E-state index is 12.2. The number of nitrogens with zero attached hydrogens (tertiary/aromatic N) is 1. The van der Waals surface area contributed by atoms with Crippen LogP contribution in [-0.4, -0.2) is 34.5 Å². The van der Waals surface area contributed by atoms with E-state index in [-0.39, 0.29) is 24.8 Å². The maximum atomic E-state index is 12.2. The quantitative estimate of drug-likeness (QED) is 0.743. The average molecular weight is 241 g/mol. The molecule has 1 aliphatic rings. The molecule has 1 heterocycles. The number of likely N-dealkylation sites (tertiary alicyclic amines) is 1. The molecule has 4 heteroatoms. The first-order chi connectivity index (χ1) is 7.80. The Labute approximate surface area is 103 Å². The fourth-order valence-corrected chi connectivity index (χ4v) is 2.53.